The summed E-state index contributed by atoms with van der Waals surface area (Å²) in [5.74, 6) is 0.0405. The fourth-order valence-corrected chi connectivity index (χ4v) is 3.80. The molecule has 1 aromatic carbocycles. The second kappa shape index (κ2) is 9.94. The molecular formula is C19H30N4O2S. The van der Waals surface area contributed by atoms with Gasteiger partial charge in [-0.15, -0.1) is 11.8 Å². The summed E-state index contributed by atoms with van der Waals surface area (Å²) in [6.07, 6.45) is 2.70. The second-order valence-electron chi connectivity index (χ2n) is 6.93. The van der Waals surface area contributed by atoms with E-state index in [0.29, 0.717) is 32.6 Å². The number of rotatable bonds is 8. The van der Waals surface area contributed by atoms with Crippen LogP contribution in [0.1, 0.15) is 18.9 Å². The Bertz CT molecular complexity index is 623. The van der Waals surface area contributed by atoms with Gasteiger partial charge in [0.1, 0.15) is 0 Å². The van der Waals surface area contributed by atoms with E-state index in [4.69, 9.17) is 0 Å². The highest BCUT2D eigenvalue weighted by Gasteiger charge is 2.37. The van der Waals surface area contributed by atoms with Crippen molar-refractivity contribution in [2.75, 3.05) is 40.0 Å². The highest BCUT2D eigenvalue weighted by Crippen LogP contribution is 2.23. The van der Waals surface area contributed by atoms with E-state index >= 15 is 0 Å². The maximum atomic E-state index is 12.5. The first-order valence-electron chi connectivity index (χ1n) is 9.01. The van der Waals surface area contributed by atoms with Crippen molar-refractivity contribution in [2.45, 2.75) is 36.9 Å². The molecule has 2 atom stereocenters. The first-order chi connectivity index (χ1) is 12.4. The van der Waals surface area contributed by atoms with E-state index in [9.17, 15) is 9.59 Å². The van der Waals surface area contributed by atoms with Crippen LogP contribution in [0.4, 0.5) is 0 Å². The third-order valence-electron chi connectivity index (χ3n) is 4.40. The number of likely N-dealkylation sites (N-methyl/N-ethyl adjacent to an activating group) is 2. The lowest BCUT2D eigenvalue weighted by Gasteiger charge is -2.23. The maximum absolute atomic E-state index is 12.5. The van der Waals surface area contributed by atoms with E-state index < -0.39 is 0 Å². The van der Waals surface area contributed by atoms with Gasteiger partial charge in [-0.1, -0.05) is 12.1 Å². The van der Waals surface area contributed by atoms with Crippen molar-refractivity contribution < 1.29 is 9.59 Å². The standard InChI is InChI=1S/C19H30N4O2S/c1-5-20-19(25)17-10-15(21-18(24)13-22(2)3)12-23(17)11-14-7-6-8-16(9-14)26-4/h6-9,15,17H,5,10-13H2,1-4H3,(H,20,25)(H,21,24)/t15-,17-/m0/s1. The lowest BCUT2D eigenvalue weighted by Crippen LogP contribution is -2.42. The molecule has 0 unspecified atom stereocenters. The van der Waals surface area contributed by atoms with Crippen LogP contribution in [0.15, 0.2) is 29.2 Å². The number of nitrogens with zero attached hydrogens (tertiary/aromatic N) is 2. The third-order valence-corrected chi connectivity index (χ3v) is 5.13. The van der Waals surface area contributed by atoms with Gasteiger partial charge in [-0.25, -0.2) is 0 Å². The quantitative estimate of drug-likeness (QED) is 0.665. The number of hydrogen-bond donors (Lipinski definition) is 2. The first-order valence-corrected chi connectivity index (χ1v) is 10.2. The normalized spacial score (nSPS) is 20.3. The van der Waals surface area contributed by atoms with Crippen LogP contribution in [0.5, 0.6) is 0 Å². The van der Waals surface area contributed by atoms with Crippen molar-refractivity contribution in [1.29, 1.82) is 0 Å². The van der Waals surface area contributed by atoms with Crippen molar-refractivity contribution in [3.8, 4) is 0 Å². The van der Waals surface area contributed by atoms with E-state index in [-0.39, 0.29) is 23.9 Å². The molecule has 1 fully saturated rings. The van der Waals surface area contributed by atoms with E-state index in [2.05, 4.69) is 46.1 Å². The summed E-state index contributed by atoms with van der Waals surface area (Å²) in [5.41, 5.74) is 1.19. The molecule has 2 N–H and O–H groups in total. The number of thioether (sulfide) groups is 1. The minimum atomic E-state index is -0.211. The van der Waals surface area contributed by atoms with Crippen LogP contribution < -0.4 is 10.6 Å². The number of amides is 2. The molecule has 0 aliphatic carbocycles. The van der Waals surface area contributed by atoms with Gasteiger partial charge in [-0.2, -0.15) is 0 Å². The topological polar surface area (TPSA) is 64.7 Å². The molecule has 26 heavy (non-hydrogen) atoms. The molecule has 0 aromatic heterocycles. The molecule has 144 valence electrons. The Morgan fingerprint density at radius 1 is 1.35 bits per heavy atom. The SMILES string of the molecule is CCNC(=O)[C@@H]1C[C@H](NC(=O)CN(C)C)CN1Cc1cccc(SC)c1. The number of likely N-dealkylation sites (tertiary alicyclic amines) is 1. The van der Waals surface area contributed by atoms with Crippen molar-refractivity contribution in [3.63, 3.8) is 0 Å². The minimum absolute atomic E-state index is 0.000815. The molecule has 1 aromatic rings. The summed E-state index contributed by atoms with van der Waals surface area (Å²) in [5, 5.41) is 6.00. The molecule has 1 heterocycles. The largest absolute Gasteiger partial charge is 0.355 e. The van der Waals surface area contributed by atoms with Crippen LogP contribution in [0.2, 0.25) is 0 Å². The Hall–Kier alpha value is -1.57. The van der Waals surface area contributed by atoms with Crippen molar-refractivity contribution in [1.82, 2.24) is 20.4 Å². The third kappa shape index (κ3) is 6.00. The van der Waals surface area contributed by atoms with Gasteiger partial charge in [-0.05, 0) is 51.4 Å². The zero-order chi connectivity index (χ0) is 19.1. The summed E-state index contributed by atoms with van der Waals surface area (Å²) in [7, 11) is 3.74. The molecule has 0 saturated carbocycles. The van der Waals surface area contributed by atoms with Crippen molar-refractivity contribution in [3.05, 3.63) is 29.8 Å². The zero-order valence-corrected chi connectivity index (χ0v) is 16.9. The number of carbonyl (C=O) groups is 2. The average Bonchev–Trinajstić information content (AvgIpc) is 2.96. The smallest absolute Gasteiger partial charge is 0.237 e. The molecule has 7 heteroatoms. The molecule has 0 spiro atoms. The number of benzene rings is 1. The Morgan fingerprint density at radius 2 is 2.12 bits per heavy atom. The van der Waals surface area contributed by atoms with E-state index in [1.807, 2.05) is 25.9 Å². The van der Waals surface area contributed by atoms with Crippen LogP contribution in [-0.2, 0) is 16.1 Å². The maximum Gasteiger partial charge on any atom is 0.237 e. The summed E-state index contributed by atoms with van der Waals surface area (Å²) in [4.78, 5) is 29.8. The van der Waals surface area contributed by atoms with Gasteiger partial charge in [0.15, 0.2) is 0 Å². The molecule has 1 saturated heterocycles. The Morgan fingerprint density at radius 3 is 2.77 bits per heavy atom. The van der Waals surface area contributed by atoms with E-state index in [1.165, 1.54) is 10.5 Å². The fourth-order valence-electron chi connectivity index (χ4n) is 3.31. The second-order valence-corrected chi connectivity index (χ2v) is 7.81. The molecule has 1 aliphatic heterocycles. The monoisotopic (exact) mass is 378 g/mol. The number of carbonyl (C=O) groups excluding carboxylic acids is 2. The number of nitrogens with one attached hydrogen (secondary N) is 2. The van der Waals surface area contributed by atoms with Gasteiger partial charge in [-0.3, -0.25) is 14.5 Å². The van der Waals surface area contributed by atoms with Crippen LogP contribution in [0, 0.1) is 0 Å². The van der Waals surface area contributed by atoms with Gasteiger partial charge >= 0.3 is 0 Å². The molecular weight excluding hydrogens is 348 g/mol. The fraction of sp³-hybridized carbons (Fsp3) is 0.579. The summed E-state index contributed by atoms with van der Waals surface area (Å²) in [6.45, 7) is 4.29. The molecule has 0 bridgehead atoms. The Labute approximate surface area is 160 Å². The van der Waals surface area contributed by atoms with Gasteiger partial charge < -0.3 is 15.5 Å². The molecule has 2 amide bonds. The van der Waals surface area contributed by atoms with Crippen LogP contribution in [0.25, 0.3) is 0 Å². The van der Waals surface area contributed by atoms with Crippen molar-refractivity contribution in [2.24, 2.45) is 0 Å². The van der Waals surface area contributed by atoms with Gasteiger partial charge in [0.05, 0.1) is 12.6 Å². The lowest BCUT2D eigenvalue weighted by molar-refractivity contribution is -0.125. The summed E-state index contributed by atoms with van der Waals surface area (Å²) >= 11 is 1.71. The molecule has 0 radical (unpaired) electrons. The van der Waals surface area contributed by atoms with Crippen LogP contribution in [-0.4, -0.2) is 73.7 Å². The minimum Gasteiger partial charge on any atom is -0.355 e. The van der Waals surface area contributed by atoms with Gasteiger partial charge in [0, 0.05) is 30.6 Å². The summed E-state index contributed by atoms with van der Waals surface area (Å²) < 4.78 is 0. The molecule has 6 nitrogen and oxygen atoms in total. The van der Waals surface area contributed by atoms with E-state index in [1.54, 1.807) is 11.8 Å². The highest BCUT2D eigenvalue weighted by molar-refractivity contribution is 7.98. The van der Waals surface area contributed by atoms with Crippen LogP contribution in [0.3, 0.4) is 0 Å². The number of hydrogen-bond acceptors (Lipinski definition) is 5. The predicted octanol–water partition coefficient (Wildman–Crippen LogP) is 1.17. The zero-order valence-electron chi connectivity index (χ0n) is 16.1. The lowest BCUT2D eigenvalue weighted by atomic mass is 10.1. The average molecular weight is 379 g/mol. The predicted molar refractivity (Wildman–Crippen MR) is 106 cm³/mol. The Balaban J connectivity index is 2.07. The van der Waals surface area contributed by atoms with E-state index in [0.717, 1.165) is 0 Å². The summed E-state index contributed by atoms with van der Waals surface area (Å²) in [6, 6.07) is 8.18. The van der Waals surface area contributed by atoms with Gasteiger partial charge in [0.25, 0.3) is 0 Å². The molecule has 2 rings (SSSR count). The highest BCUT2D eigenvalue weighted by atomic mass is 32.2. The van der Waals surface area contributed by atoms with Gasteiger partial charge in [0.2, 0.25) is 11.8 Å². The first kappa shape index (κ1) is 20.7. The Kier molecular flexibility index (Phi) is 7.93. The molecule has 1 aliphatic rings. The van der Waals surface area contributed by atoms with Crippen molar-refractivity contribution >= 4 is 23.6 Å². The van der Waals surface area contributed by atoms with Crippen LogP contribution >= 0.6 is 11.8 Å².